The highest BCUT2D eigenvalue weighted by atomic mass is 79.9. The third-order valence-corrected chi connectivity index (χ3v) is 5.80. The van der Waals surface area contributed by atoms with Crippen LogP contribution in [0.25, 0.3) is 28.5 Å². The molecule has 0 unspecified atom stereocenters. The second-order valence-corrected chi connectivity index (χ2v) is 8.90. The van der Waals surface area contributed by atoms with E-state index in [-0.39, 0.29) is 5.92 Å². The van der Waals surface area contributed by atoms with E-state index < -0.39 is 0 Å². The zero-order chi connectivity index (χ0) is 21.4. The first kappa shape index (κ1) is 21.1. The molecule has 30 heavy (non-hydrogen) atoms. The summed E-state index contributed by atoms with van der Waals surface area (Å²) in [7, 11) is 0. The van der Waals surface area contributed by atoms with Gasteiger partial charge in [-0.15, -0.1) is 10.2 Å². The van der Waals surface area contributed by atoms with Gasteiger partial charge in [-0.05, 0) is 36.8 Å². The van der Waals surface area contributed by atoms with Gasteiger partial charge in [0.15, 0.2) is 5.69 Å². The highest BCUT2D eigenvalue weighted by Gasteiger charge is 2.25. The summed E-state index contributed by atoms with van der Waals surface area (Å²) in [6.07, 6.45) is 0.728. The van der Waals surface area contributed by atoms with Crippen LogP contribution in [-0.4, -0.2) is 20.0 Å². The zero-order valence-electron chi connectivity index (χ0n) is 16.7. The van der Waals surface area contributed by atoms with E-state index in [0.717, 1.165) is 33.4 Å². The first-order valence-corrected chi connectivity index (χ1v) is 11.1. The summed E-state index contributed by atoms with van der Waals surface area (Å²) in [5.41, 5.74) is 4.31. The fraction of sp³-hybridized carbons (Fsp3) is 0.227. The molecule has 0 N–H and O–H groups in total. The molecule has 0 aliphatic heterocycles. The minimum absolute atomic E-state index is 0.134. The molecule has 4 aromatic rings. The van der Waals surface area contributed by atoms with Crippen molar-refractivity contribution in [2.75, 3.05) is 0 Å². The number of hydrogen-bond acceptors (Lipinski definition) is 4. The van der Waals surface area contributed by atoms with Gasteiger partial charge in [-0.1, -0.05) is 72.0 Å². The van der Waals surface area contributed by atoms with Crippen molar-refractivity contribution in [3.05, 3.63) is 68.4 Å². The maximum atomic E-state index is 6.54. The highest BCUT2D eigenvalue weighted by Crippen LogP contribution is 2.37. The Balaban J connectivity index is 2.00. The molecule has 0 amide bonds. The van der Waals surface area contributed by atoms with Crippen molar-refractivity contribution in [3.8, 4) is 28.5 Å². The zero-order valence-corrected chi connectivity index (χ0v) is 19.8. The van der Waals surface area contributed by atoms with Gasteiger partial charge in [-0.3, -0.25) is 0 Å². The van der Waals surface area contributed by atoms with E-state index in [9.17, 15) is 0 Å². The molecule has 8 heteroatoms. The summed E-state index contributed by atoms with van der Waals surface area (Å²) < 4.78 is 8.75. The van der Waals surface area contributed by atoms with Crippen molar-refractivity contribution in [2.24, 2.45) is 0 Å². The Bertz CT molecular complexity index is 1200. The van der Waals surface area contributed by atoms with E-state index in [4.69, 9.17) is 32.7 Å². The van der Waals surface area contributed by atoms with Crippen LogP contribution in [0, 0.1) is 0 Å². The third-order valence-electron chi connectivity index (χ3n) is 4.73. The number of nitrogens with zero attached hydrogens (tertiary/aromatic N) is 4. The molecule has 0 aliphatic carbocycles. The second-order valence-electron chi connectivity index (χ2n) is 7.14. The number of hydrogen-bond donors (Lipinski definition) is 0. The molecule has 0 fully saturated rings. The standard InChI is InChI=1S/C22H19BrCl2N4O/c1-4-16-19(22-27-26-21(30-22)12(2)3)28-29(18-10-9-15(24)11-17(18)25)20(16)13-5-7-14(23)8-6-13/h5-12H,4H2,1-3H3. The largest absolute Gasteiger partial charge is 0.419 e. The maximum absolute atomic E-state index is 6.54. The summed E-state index contributed by atoms with van der Waals surface area (Å²) in [6, 6.07) is 13.4. The van der Waals surface area contributed by atoms with Crippen LogP contribution in [-0.2, 0) is 6.42 Å². The average Bonchev–Trinajstić information content (AvgIpc) is 3.33. The lowest BCUT2D eigenvalue weighted by molar-refractivity contribution is 0.479. The molecule has 0 spiro atoms. The summed E-state index contributed by atoms with van der Waals surface area (Å²) >= 11 is 16.2. The molecule has 4 rings (SSSR count). The van der Waals surface area contributed by atoms with Crippen molar-refractivity contribution in [2.45, 2.75) is 33.1 Å². The molecule has 2 heterocycles. The van der Waals surface area contributed by atoms with E-state index >= 15 is 0 Å². The van der Waals surface area contributed by atoms with Crippen LogP contribution < -0.4 is 0 Å². The van der Waals surface area contributed by atoms with Crippen LogP contribution in [0.4, 0.5) is 0 Å². The Labute approximate surface area is 193 Å². The normalized spacial score (nSPS) is 11.4. The first-order chi connectivity index (χ1) is 14.4. The highest BCUT2D eigenvalue weighted by molar-refractivity contribution is 9.10. The van der Waals surface area contributed by atoms with Crippen LogP contribution in [0.1, 0.15) is 38.1 Å². The van der Waals surface area contributed by atoms with Crippen molar-refractivity contribution in [1.82, 2.24) is 20.0 Å². The SMILES string of the molecule is CCc1c(-c2nnc(C(C)C)o2)nn(-c2ccc(Cl)cc2Cl)c1-c1ccc(Br)cc1. The van der Waals surface area contributed by atoms with E-state index in [1.165, 1.54) is 0 Å². The first-order valence-electron chi connectivity index (χ1n) is 9.56. The van der Waals surface area contributed by atoms with Crippen molar-refractivity contribution in [3.63, 3.8) is 0 Å². The Hall–Kier alpha value is -2.15. The molecular weight excluding hydrogens is 487 g/mol. The van der Waals surface area contributed by atoms with Gasteiger partial charge in [0.2, 0.25) is 5.89 Å². The molecule has 0 aliphatic rings. The molecule has 154 valence electrons. The Morgan fingerprint density at radius 2 is 1.80 bits per heavy atom. The molecule has 0 bridgehead atoms. The molecular formula is C22H19BrCl2N4O. The number of halogens is 3. The Kier molecular flexibility index (Phi) is 6.00. The topological polar surface area (TPSA) is 56.7 Å². The quantitative estimate of drug-likeness (QED) is 0.284. The van der Waals surface area contributed by atoms with Gasteiger partial charge in [-0.2, -0.15) is 5.10 Å². The lowest BCUT2D eigenvalue weighted by Gasteiger charge is -2.11. The van der Waals surface area contributed by atoms with Gasteiger partial charge in [0.25, 0.3) is 5.89 Å². The van der Waals surface area contributed by atoms with Crippen LogP contribution in [0.3, 0.4) is 0 Å². The Morgan fingerprint density at radius 3 is 2.40 bits per heavy atom. The fourth-order valence-electron chi connectivity index (χ4n) is 3.25. The van der Waals surface area contributed by atoms with Crippen LogP contribution in [0.5, 0.6) is 0 Å². The van der Waals surface area contributed by atoms with E-state index in [2.05, 4.69) is 33.1 Å². The van der Waals surface area contributed by atoms with Crippen molar-refractivity contribution in [1.29, 1.82) is 0 Å². The molecule has 0 saturated heterocycles. The van der Waals surface area contributed by atoms with Gasteiger partial charge in [0.05, 0.1) is 16.4 Å². The van der Waals surface area contributed by atoms with Gasteiger partial charge >= 0.3 is 0 Å². The molecule has 0 radical (unpaired) electrons. The third kappa shape index (κ3) is 3.92. The Morgan fingerprint density at radius 1 is 1.07 bits per heavy atom. The molecule has 5 nitrogen and oxygen atoms in total. The van der Waals surface area contributed by atoms with Gasteiger partial charge in [-0.25, -0.2) is 4.68 Å². The number of rotatable bonds is 5. The van der Waals surface area contributed by atoms with Crippen molar-refractivity contribution < 1.29 is 4.42 Å². The minimum atomic E-state index is 0.134. The maximum Gasteiger partial charge on any atom is 0.268 e. The summed E-state index contributed by atoms with van der Waals surface area (Å²) in [5.74, 6) is 1.11. The van der Waals surface area contributed by atoms with E-state index in [0.29, 0.717) is 27.5 Å². The number of benzene rings is 2. The van der Waals surface area contributed by atoms with E-state index in [1.807, 2.05) is 48.9 Å². The summed E-state index contributed by atoms with van der Waals surface area (Å²) in [5, 5.41) is 14.4. The summed E-state index contributed by atoms with van der Waals surface area (Å²) in [4.78, 5) is 0. The predicted octanol–water partition coefficient (Wildman–Crippen LogP) is 7.34. The van der Waals surface area contributed by atoms with Gasteiger partial charge in [0, 0.05) is 26.5 Å². The second kappa shape index (κ2) is 8.53. The monoisotopic (exact) mass is 504 g/mol. The average molecular weight is 506 g/mol. The predicted molar refractivity (Wildman–Crippen MR) is 123 cm³/mol. The van der Waals surface area contributed by atoms with E-state index in [1.54, 1.807) is 12.1 Å². The molecule has 0 saturated carbocycles. The van der Waals surface area contributed by atoms with Crippen LogP contribution in [0.15, 0.2) is 51.4 Å². The number of aromatic nitrogens is 4. The van der Waals surface area contributed by atoms with Gasteiger partial charge < -0.3 is 4.42 Å². The fourth-order valence-corrected chi connectivity index (χ4v) is 4.01. The molecule has 0 atom stereocenters. The minimum Gasteiger partial charge on any atom is -0.419 e. The van der Waals surface area contributed by atoms with Crippen molar-refractivity contribution >= 4 is 39.1 Å². The lowest BCUT2D eigenvalue weighted by atomic mass is 10.0. The smallest absolute Gasteiger partial charge is 0.268 e. The van der Waals surface area contributed by atoms with Gasteiger partial charge in [0.1, 0.15) is 0 Å². The lowest BCUT2D eigenvalue weighted by Crippen LogP contribution is -2.01. The van der Waals surface area contributed by atoms with Crippen LogP contribution in [0.2, 0.25) is 10.0 Å². The molecule has 2 aromatic heterocycles. The van der Waals surface area contributed by atoms with Crippen LogP contribution >= 0.6 is 39.1 Å². The molecule has 2 aromatic carbocycles. The summed E-state index contributed by atoms with van der Waals surface area (Å²) in [6.45, 7) is 6.10.